The highest BCUT2D eigenvalue weighted by molar-refractivity contribution is 6.39. The molecular weight excluding hydrogens is 565 g/mol. The molecule has 1 saturated heterocycles. The summed E-state index contributed by atoms with van der Waals surface area (Å²) in [5, 5.41) is 18.8. The average Bonchev–Trinajstić information content (AvgIpc) is 3.44. The first kappa shape index (κ1) is 28.6. The van der Waals surface area contributed by atoms with E-state index in [2.05, 4.69) is 15.3 Å². The van der Waals surface area contributed by atoms with Gasteiger partial charge in [0.1, 0.15) is 0 Å². The summed E-state index contributed by atoms with van der Waals surface area (Å²) in [6, 6.07) is 14.8. The van der Waals surface area contributed by atoms with Gasteiger partial charge in [-0.25, -0.2) is 4.98 Å². The van der Waals surface area contributed by atoms with Crippen molar-refractivity contribution in [2.24, 2.45) is 11.0 Å². The van der Waals surface area contributed by atoms with E-state index in [0.29, 0.717) is 82.2 Å². The van der Waals surface area contributed by atoms with Gasteiger partial charge in [-0.3, -0.25) is 19.5 Å². The SMILES string of the molecule is COc1nc(-c2cccc(-c3cccc(NC(=O)C4=CC=NN(C)C4)c3Cl)c2Cl)ccc1CN1CC[C@H](C(=O)O)C1. The Bertz CT molecular complexity index is 1560. The van der Waals surface area contributed by atoms with E-state index in [9.17, 15) is 14.7 Å². The number of aliphatic carboxylic acids is 1. The van der Waals surface area contributed by atoms with Gasteiger partial charge < -0.3 is 15.2 Å². The molecular formula is C30H29Cl2N5O4. The maximum Gasteiger partial charge on any atom is 0.307 e. The molecule has 212 valence electrons. The Morgan fingerprint density at radius 2 is 1.80 bits per heavy atom. The van der Waals surface area contributed by atoms with E-state index >= 15 is 0 Å². The fourth-order valence-corrected chi connectivity index (χ4v) is 5.64. The van der Waals surface area contributed by atoms with Gasteiger partial charge >= 0.3 is 5.97 Å². The number of ether oxygens (including phenoxy) is 1. The fraction of sp³-hybridized carbons (Fsp3) is 0.267. The smallest absolute Gasteiger partial charge is 0.307 e. The van der Waals surface area contributed by atoms with Crippen molar-refractivity contribution < 1.29 is 19.4 Å². The molecule has 0 aliphatic carbocycles. The summed E-state index contributed by atoms with van der Waals surface area (Å²) in [6.07, 6.45) is 3.89. The van der Waals surface area contributed by atoms with Gasteiger partial charge in [-0.2, -0.15) is 5.10 Å². The van der Waals surface area contributed by atoms with Gasteiger partial charge in [0.25, 0.3) is 5.91 Å². The Kier molecular flexibility index (Phi) is 8.58. The number of halogens is 2. The summed E-state index contributed by atoms with van der Waals surface area (Å²) in [7, 11) is 3.35. The van der Waals surface area contributed by atoms with E-state index in [4.69, 9.17) is 32.9 Å². The molecule has 0 bridgehead atoms. The number of aromatic nitrogens is 1. The third-order valence-electron chi connectivity index (χ3n) is 7.19. The van der Waals surface area contributed by atoms with Crippen molar-refractivity contribution in [3.05, 3.63) is 75.8 Å². The lowest BCUT2D eigenvalue weighted by Gasteiger charge is -2.19. The highest BCUT2D eigenvalue weighted by Gasteiger charge is 2.28. The summed E-state index contributed by atoms with van der Waals surface area (Å²) in [5.41, 5.74) is 4.58. The number of anilines is 1. The average molecular weight is 594 g/mol. The number of amides is 1. The number of carboxylic acids is 1. The van der Waals surface area contributed by atoms with E-state index in [1.807, 2.05) is 42.5 Å². The number of allylic oxidation sites excluding steroid dienone is 1. The van der Waals surface area contributed by atoms with Gasteiger partial charge in [0.15, 0.2) is 0 Å². The maximum absolute atomic E-state index is 12.9. The van der Waals surface area contributed by atoms with Crippen LogP contribution in [0.5, 0.6) is 5.88 Å². The van der Waals surface area contributed by atoms with Gasteiger partial charge in [0, 0.05) is 54.2 Å². The summed E-state index contributed by atoms with van der Waals surface area (Å²) >= 11 is 13.7. The summed E-state index contributed by atoms with van der Waals surface area (Å²) < 4.78 is 5.60. The second kappa shape index (κ2) is 12.3. The molecule has 0 saturated carbocycles. The molecule has 0 spiro atoms. The van der Waals surface area contributed by atoms with E-state index in [1.54, 1.807) is 37.5 Å². The largest absolute Gasteiger partial charge is 0.481 e. The number of carbonyl (C=O) groups is 2. The summed E-state index contributed by atoms with van der Waals surface area (Å²) in [4.78, 5) is 31.0. The lowest BCUT2D eigenvalue weighted by Crippen LogP contribution is -2.26. The Balaban J connectivity index is 1.40. The molecule has 0 radical (unpaired) electrons. The van der Waals surface area contributed by atoms with Crippen LogP contribution in [0.1, 0.15) is 12.0 Å². The molecule has 3 aromatic rings. The predicted octanol–water partition coefficient (Wildman–Crippen LogP) is 5.43. The summed E-state index contributed by atoms with van der Waals surface area (Å²) in [5.74, 6) is -0.919. The number of rotatable bonds is 8. The van der Waals surface area contributed by atoms with Gasteiger partial charge in [-0.05, 0) is 31.2 Å². The van der Waals surface area contributed by atoms with E-state index < -0.39 is 5.97 Å². The highest BCUT2D eigenvalue weighted by atomic mass is 35.5. The number of likely N-dealkylation sites (tertiary alicyclic amines) is 1. The van der Waals surface area contributed by atoms with Crippen molar-refractivity contribution in [1.82, 2.24) is 14.9 Å². The van der Waals surface area contributed by atoms with Crippen LogP contribution in [0.2, 0.25) is 10.0 Å². The zero-order chi connectivity index (χ0) is 29.1. The van der Waals surface area contributed by atoms with Crippen LogP contribution in [0, 0.1) is 5.92 Å². The lowest BCUT2D eigenvalue weighted by atomic mass is 10.00. The van der Waals surface area contributed by atoms with Crippen molar-refractivity contribution >= 4 is 47.0 Å². The van der Waals surface area contributed by atoms with Crippen LogP contribution in [0.4, 0.5) is 5.69 Å². The van der Waals surface area contributed by atoms with Crippen molar-refractivity contribution in [3.8, 4) is 28.3 Å². The minimum absolute atomic E-state index is 0.259. The molecule has 2 aliphatic heterocycles. The predicted molar refractivity (Wildman–Crippen MR) is 161 cm³/mol. The van der Waals surface area contributed by atoms with Crippen LogP contribution in [-0.4, -0.2) is 71.9 Å². The fourth-order valence-electron chi connectivity index (χ4n) is 5.04. The minimum Gasteiger partial charge on any atom is -0.481 e. The van der Waals surface area contributed by atoms with Crippen molar-refractivity contribution in [3.63, 3.8) is 0 Å². The number of carbonyl (C=O) groups excluding carboxylic acids is 1. The van der Waals surface area contributed by atoms with Crippen LogP contribution in [0.25, 0.3) is 22.4 Å². The molecule has 2 aromatic carbocycles. The zero-order valence-corrected chi connectivity index (χ0v) is 24.1. The normalized spacial score (nSPS) is 16.9. The van der Waals surface area contributed by atoms with E-state index in [0.717, 1.165) is 5.56 Å². The van der Waals surface area contributed by atoms with Gasteiger partial charge in [-0.15, -0.1) is 0 Å². The lowest BCUT2D eigenvalue weighted by molar-refractivity contribution is -0.141. The number of nitrogens with one attached hydrogen (secondary N) is 1. The van der Waals surface area contributed by atoms with Gasteiger partial charge in [0.2, 0.25) is 5.88 Å². The molecule has 1 aromatic heterocycles. The number of hydrogen-bond acceptors (Lipinski definition) is 7. The Morgan fingerprint density at radius 1 is 1.07 bits per heavy atom. The molecule has 11 heteroatoms. The number of carboxylic acid groups (broad SMARTS) is 1. The Labute approximate surface area is 248 Å². The molecule has 0 unspecified atom stereocenters. The standard InChI is InChI=1S/C30H29Cl2N5O4/c1-36-15-18(11-13-33-36)28(38)34-25-8-4-6-22(27(25)32)21-5-3-7-23(26(21)31)24-10-9-19(29(35-24)41-2)16-37-14-12-20(17-37)30(39)40/h3-11,13,20H,12,14-17H2,1-2H3,(H,34,38)(H,39,40)/t20-/m0/s1. The number of hydrogen-bond donors (Lipinski definition) is 2. The second-order valence-corrected chi connectivity index (χ2v) is 10.7. The molecule has 2 aliphatic rings. The topological polar surface area (TPSA) is 107 Å². The number of hydrazone groups is 1. The molecule has 3 heterocycles. The Morgan fingerprint density at radius 3 is 2.51 bits per heavy atom. The van der Waals surface area contributed by atoms with Gasteiger partial charge in [0.05, 0.1) is 41.0 Å². The van der Waals surface area contributed by atoms with Crippen LogP contribution in [0.3, 0.4) is 0 Å². The minimum atomic E-state index is -0.764. The van der Waals surface area contributed by atoms with Crippen LogP contribution in [0.15, 0.2) is 65.3 Å². The third kappa shape index (κ3) is 6.22. The molecule has 9 nitrogen and oxygen atoms in total. The van der Waals surface area contributed by atoms with E-state index in [1.165, 1.54) is 0 Å². The number of methoxy groups -OCH3 is 1. The van der Waals surface area contributed by atoms with Crippen molar-refractivity contribution in [1.29, 1.82) is 0 Å². The van der Waals surface area contributed by atoms with Crippen LogP contribution >= 0.6 is 23.2 Å². The zero-order valence-electron chi connectivity index (χ0n) is 22.6. The number of likely N-dealkylation sites (N-methyl/N-ethyl adjacent to an activating group) is 1. The highest BCUT2D eigenvalue weighted by Crippen LogP contribution is 2.41. The molecule has 1 atom stereocenters. The first-order valence-corrected chi connectivity index (χ1v) is 13.8. The second-order valence-electron chi connectivity index (χ2n) is 9.98. The molecule has 5 rings (SSSR count). The van der Waals surface area contributed by atoms with Gasteiger partial charge in [-0.1, -0.05) is 59.6 Å². The van der Waals surface area contributed by atoms with Crippen LogP contribution < -0.4 is 10.1 Å². The molecule has 1 amide bonds. The number of pyridine rings is 1. The molecule has 2 N–H and O–H groups in total. The molecule has 1 fully saturated rings. The molecule has 41 heavy (non-hydrogen) atoms. The first-order chi connectivity index (χ1) is 19.7. The maximum atomic E-state index is 12.9. The van der Waals surface area contributed by atoms with Crippen LogP contribution in [-0.2, 0) is 16.1 Å². The monoisotopic (exact) mass is 593 g/mol. The van der Waals surface area contributed by atoms with Crippen molar-refractivity contribution in [2.45, 2.75) is 13.0 Å². The van der Waals surface area contributed by atoms with Crippen molar-refractivity contribution in [2.75, 3.05) is 39.1 Å². The Hall–Kier alpha value is -3.92. The number of benzene rings is 2. The number of nitrogens with zero attached hydrogens (tertiary/aromatic N) is 4. The quantitative estimate of drug-likeness (QED) is 0.358. The third-order valence-corrected chi connectivity index (χ3v) is 8.00. The van der Waals surface area contributed by atoms with E-state index in [-0.39, 0.29) is 11.8 Å². The summed E-state index contributed by atoms with van der Waals surface area (Å²) in [6.45, 7) is 2.14. The first-order valence-electron chi connectivity index (χ1n) is 13.1.